The first kappa shape index (κ1) is 17.8. The summed E-state index contributed by atoms with van der Waals surface area (Å²) < 4.78 is 45.8. The van der Waals surface area contributed by atoms with Crippen LogP contribution in [0.2, 0.25) is 0 Å². The number of methoxy groups -OCH3 is 1. The lowest BCUT2D eigenvalue weighted by molar-refractivity contribution is 0.148. The molecule has 0 aliphatic carbocycles. The van der Waals surface area contributed by atoms with Crippen LogP contribution in [0.25, 0.3) is 0 Å². The highest BCUT2D eigenvalue weighted by Crippen LogP contribution is 2.29. The number of nitrogens with zero attached hydrogens (tertiary/aromatic N) is 2. The lowest BCUT2D eigenvalue weighted by atomic mass is 10.0. The van der Waals surface area contributed by atoms with Gasteiger partial charge in [-0.2, -0.15) is 4.31 Å². The van der Waals surface area contributed by atoms with Crippen LogP contribution in [0.4, 0.5) is 4.39 Å². The fourth-order valence-corrected chi connectivity index (χ4v) is 4.50. The lowest BCUT2D eigenvalue weighted by Crippen LogP contribution is -2.48. The van der Waals surface area contributed by atoms with E-state index in [2.05, 4.69) is 4.90 Å². The normalized spacial score (nSPS) is 19.7. The molecule has 7 heteroatoms. The van der Waals surface area contributed by atoms with E-state index in [4.69, 9.17) is 4.74 Å². The van der Waals surface area contributed by atoms with Gasteiger partial charge in [-0.05, 0) is 36.9 Å². The van der Waals surface area contributed by atoms with E-state index < -0.39 is 10.0 Å². The van der Waals surface area contributed by atoms with E-state index >= 15 is 0 Å². The number of hydrogen-bond donors (Lipinski definition) is 0. The molecule has 1 aliphatic rings. The molecule has 0 radical (unpaired) electrons. The molecule has 0 spiro atoms. The highest BCUT2D eigenvalue weighted by molar-refractivity contribution is 7.89. The van der Waals surface area contributed by atoms with Gasteiger partial charge in [0.2, 0.25) is 10.0 Å². The Bertz CT molecular complexity index is 840. The number of sulfonamides is 1. The van der Waals surface area contributed by atoms with Crippen LogP contribution in [0.1, 0.15) is 11.6 Å². The van der Waals surface area contributed by atoms with Crippen LogP contribution < -0.4 is 4.74 Å². The van der Waals surface area contributed by atoms with Gasteiger partial charge in [-0.25, -0.2) is 12.8 Å². The summed E-state index contributed by atoms with van der Waals surface area (Å²) in [6, 6.07) is 12.6. The Labute approximate surface area is 147 Å². The number of hydrogen-bond acceptors (Lipinski definition) is 4. The predicted octanol–water partition coefficient (Wildman–Crippen LogP) is 2.51. The van der Waals surface area contributed by atoms with Gasteiger partial charge in [0, 0.05) is 31.7 Å². The maximum Gasteiger partial charge on any atom is 0.243 e. The van der Waals surface area contributed by atoms with Crippen molar-refractivity contribution in [2.45, 2.75) is 10.9 Å². The number of benzene rings is 2. The summed E-state index contributed by atoms with van der Waals surface area (Å²) in [7, 11) is -0.160. The molecule has 1 unspecified atom stereocenters. The molecular weight excluding hydrogens is 343 g/mol. The Morgan fingerprint density at radius 3 is 2.52 bits per heavy atom. The van der Waals surface area contributed by atoms with Gasteiger partial charge in [0.05, 0.1) is 12.0 Å². The molecule has 2 aromatic rings. The van der Waals surface area contributed by atoms with Crippen molar-refractivity contribution in [3.63, 3.8) is 0 Å². The van der Waals surface area contributed by atoms with Crippen molar-refractivity contribution in [3.8, 4) is 5.75 Å². The van der Waals surface area contributed by atoms with Crippen LogP contribution in [0.3, 0.4) is 0 Å². The second-order valence-electron chi connectivity index (χ2n) is 6.09. The van der Waals surface area contributed by atoms with Crippen LogP contribution in [0, 0.1) is 5.82 Å². The number of piperazine rings is 1. The molecule has 0 aromatic heterocycles. The molecule has 134 valence electrons. The highest BCUT2D eigenvalue weighted by Gasteiger charge is 2.33. The minimum atomic E-state index is -3.61. The average molecular weight is 364 g/mol. The molecular formula is C18H21FN2O3S. The molecule has 25 heavy (non-hydrogen) atoms. The highest BCUT2D eigenvalue weighted by atomic mass is 32.2. The summed E-state index contributed by atoms with van der Waals surface area (Å²) in [6.45, 7) is 1.33. The van der Waals surface area contributed by atoms with Crippen LogP contribution in [-0.4, -0.2) is 51.4 Å². The van der Waals surface area contributed by atoms with E-state index in [0.717, 1.165) is 5.56 Å². The van der Waals surface area contributed by atoms with E-state index in [9.17, 15) is 12.8 Å². The van der Waals surface area contributed by atoms with Crippen molar-refractivity contribution >= 4 is 10.0 Å². The first-order valence-corrected chi connectivity index (χ1v) is 9.46. The van der Waals surface area contributed by atoms with Crippen molar-refractivity contribution in [1.29, 1.82) is 0 Å². The summed E-state index contributed by atoms with van der Waals surface area (Å²) in [5.74, 6) is 0.202. The predicted molar refractivity (Wildman–Crippen MR) is 93.5 cm³/mol. The molecule has 0 bridgehead atoms. The number of rotatable bonds is 4. The molecule has 2 aromatic carbocycles. The third-order valence-electron chi connectivity index (χ3n) is 4.54. The summed E-state index contributed by atoms with van der Waals surface area (Å²) in [6.07, 6.45) is 0. The average Bonchev–Trinajstić information content (AvgIpc) is 2.63. The van der Waals surface area contributed by atoms with Gasteiger partial charge in [-0.15, -0.1) is 0 Å². The summed E-state index contributed by atoms with van der Waals surface area (Å²) in [5, 5.41) is 0. The van der Waals surface area contributed by atoms with Gasteiger partial charge >= 0.3 is 0 Å². The first-order chi connectivity index (χ1) is 11.9. The van der Waals surface area contributed by atoms with Crippen molar-refractivity contribution in [3.05, 3.63) is 59.9 Å². The van der Waals surface area contributed by atoms with E-state index in [-0.39, 0.29) is 16.8 Å². The monoisotopic (exact) mass is 364 g/mol. The molecule has 0 amide bonds. The van der Waals surface area contributed by atoms with Gasteiger partial charge in [-0.1, -0.05) is 18.2 Å². The fraction of sp³-hybridized carbons (Fsp3) is 0.333. The zero-order valence-electron chi connectivity index (χ0n) is 14.2. The standard InChI is InChI=1S/C18H21FN2O3S/c1-20-10-11-21(13-18(20)14-6-8-15(19)9-7-14)25(22,23)17-5-3-4-16(12-17)24-2/h3-9,12,18H,10-11,13H2,1-2H3. The molecule has 1 atom stereocenters. The Balaban J connectivity index is 1.88. The molecule has 3 rings (SSSR count). The number of ether oxygens (including phenoxy) is 1. The van der Waals surface area contributed by atoms with E-state index in [0.29, 0.717) is 25.4 Å². The maximum atomic E-state index is 13.2. The molecule has 1 fully saturated rings. The number of likely N-dealkylation sites (N-methyl/N-ethyl adjacent to an activating group) is 1. The molecule has 0 N–H and O–H groups in total. The SMILES string of the molecule is COc1cccc(S(=O)(=O)N2CCN(C)C(c3ccc(F)cc3)C2)c1. The third-order valence-corrected chi connectivity index (χ3v) is 6.41. The topological polar surface area (TPSA) is 49.9 Å². The van der Waals surface area contributed by atoms with Gasteiger partial charge in [0.15, 0.2) is 0 Å². The molecule has 5 nitrogen and oxygen atoms in total. The quantitative estimate of drug-likeness (QED) is 0.837. The Morgan fingerprint density at radius 2 is 1.84 bits per heavy atom. The minimum Gasteiger partial charge on any atom is -0.497 e. The Morgan fingerprint density at radius 1 is 1.12 bits per heavy atom. The van der Waals surface area contributed by atoms with Gasteiger partial charge in [0.1, 0.15) is 11.6 Å². The zero-order chi connectivity index (χ0) is 18.0. The third kappa shape index (κ3) is 3.68. The van der Waals surface area contributed by atoms with Crippen LogP contribution >= 0.6 is 0 Å². The molecule has 1 saturated heterocycles. The Kier molecular flexibility index (Phi) is 5.08. The van der Waals surface area contributed by atoms with E-state index in [1.54, 1.807) is 30.3 Å². The lowest BCUT2D eigenvalue weighted by Gasteiger charge is -2.39. The smallest absolute Gasteiger partial charge is 0.243 e. The first-order valence-electron chi connectivity index (χ1n) is 8.02. The summed E-state index contributed by atoms with van der Waals surface area (Å²) in [4.78, 5) is 2.31. The van der Waals surface area contributed by atoms with Gasteiger partial charge < -0.3 is 4.74 Å². The molecule has 0 saturated carbocycles. The van der Waals surface area contributed by atoms with Crippen LogP contribution in [0.15, 0.2) is 53.4 Å². The van der Waals surface area contributed by atoms with Crippen molar-refractivity contribution in [2.75, 3.05) is 33.8 Å². The number of halogens is 1. The van der Waals surface area contributed by atoms with Crippen molar-refractivity contribution in [2.24, 2.45) is 0 Å². The molecule has 1 aliphatic heterocycles. The largest absolute Gasteiger partial charge is 0.497 e. The zero-order valence-corrected chi connectivity index (χ0v) is 15.0. The second kappa shape index (κ2) is 7.11. The van der Waals surface area contributed by atoms with Gasteiger partial charge in [-0.3, -0.25) is 4.90 Å². The van der Waals surface area contributed by atoms with Crippen molar-refractivity contribution in [1.82, 2.24) is 9.21 Å². The Hall–Kier alpha value is -1.96. The van der Waals surface area contributed by atoms with Crippen LogP contribution in [-0.2, 0) is 10.0 Å². The fourth-order valence-electron chi connectivity index (χ4n) is 3.02. The summed E-state index contributed by atoms with van der Waals surface area (Å²) >= 11 is 0. The molecule has 1 heterocycles. The second-order valence-corrected chi connectivity index (χ2v) is 8.03. The summed E-state index contributed by atoms with van der Waals surface area (Å²) in [5.41, 5.74) is 0.898. The van der Waals surface area contributed by atoms with Gasteiger partial charge in [0.25, 0.3) is 0 Å². The minimum absolute atomic E-state index is 0.116. The van der Waals surface area contributed by atoms with E-state index in [1.165, 1.54) is 29.6 Å². The van der Waals surface area contributed by atoms with Crippen LogP contribution in [0.5, 0.6) is 5.75 Å². The maximum absolute atomic E-state index is 13.2. The van der Waals surface area contributed by atoms with Crippen molar-refractivity contribution < 1.29 is 17.5 Å². The van der Waals surface area contributed by atoms with E-state index in [1.807, 2.05) is 7.05 Å².